The summed E-state index contributed by atoms with van der Waals surface area (Å²) in [4.78, 5) is 25.1. The number of rotatable bonds is 8. The molecule has 0 fully saturated rings. The Labute approximate surface area is 183 Å². The summed E-state index contributed by atoms with van der Waals surface area (Å²) in [6.07, 6.45) is -0.809. The minimum atomic E-state index is -0.944. The van der Waals surface area contributed by atoms with E-state index in [2.05, 4.69) is 5.32 Å². The Balaban J connectivity index is 1.62. The Morgan fingerprint density at radius 1 is 0.839 bits per heavy atom. The van der Waals surface area contributed by atoms with Crippen LogP contribution in [0.25, 0.3) is 11.1 Å². The van der Waals surface area contributed by atoms with E-state index in [1.54, 1.807) is 19.1 Å². The lowest BCUT2D eigenvalue weighted by Crippen LogP contribution is -2.30. The molecule has 0 aromatic heterocycles. The first-order valence-electron chi connectivity index (χ1n) is 10.3. The molecule has 5 nitrogen and oxygen atoms in total. The number of anilines is 1. The lowest BCUT2D eigenvalue weighted by Gasteiger charge is -2.16. The molecule has 0 radical (unpaired) electrons. The van der Waals surface area contributed by atoms with Crippen molar-refractivity contribution in [3.63, 3.8) is 0 Å². The van der Waals surface area contributed by atoms with Gasteiger partial charge < -0.3 is 14.8 Å². The van der Waals surface area contributed by atoms with E-state index in [9.17, 15) is 9.59 Å². The van der Waals surface area contributed by atoms with Crippen molar-refractivity contribution < 1.29 is 19.1 Å². The van der Waals surface area contributed by atoms with Gasteiger partial charge in [0.25, 0.3) is 5.91 Å². The fraction of sp³-hybridized carbons (Fsp3) is 0.231. The van der Waals surface area contributed by atoms with Crippen molar-refractivity contribution in [2.24, 2.45) is 0 Å². The van der Waals surface area contributed by atoms with Gasteiger partial charge >= 0.3 is 5.97 Å². The Kier molecular flexibility index (Phi) is 7.57. The third kappa shape index (κ3) is 6.27. The number of carbonyl (C=O) groups excluding carboxylic acids is 2. The minimum Gasteiger partial charge on any atom is -0.449 e. The second kappa shape index (κ2) is 10.5. The fourth-order valence-corrected chi connectivity index (χ4v) is 2.98. The molecular formula is C26H27NO4. The van der Waals surface area contributed by atoms with Gasteiger partial charge in [-0.25, -0.2) is 4.79 Å². The molecule has 160 valence electrons. The summed E-state index contributed by atoms with van der Waals surface area (Å²) in [6, 6.07) is 24.3. The van der Waals surface area contributed by atoms with Gasteiger partial charge in [0.15, 0.2) is 6.10 Å². The lowest BCUT2D eigenvalue weighted by molar-refractivity contribution is -0.123. The molecule has 3 aromatic carbocycles. The van der Waals surface area contributed by atoms with Crippen LogP contribution in [0.3, 0.4) is 0 Å². The maximum absolute atomic E-state index is 12.7. The summed E-state index contributed by atoms with van der Waals surface area (Å²) in [5.41, 5.74) is 3.90. The second-order valence-corrected chi connectivity index (χ2v) is 7.51. The molecule has 0 aliphatic heterocycles. The van der Waals surface area contributed by atoms with E-state index in [1.165, 1.54) is 0 Å². The Hall–Kier alpha value is -3.44. The number of carbonyl (C=O) groups is 2. The predicted octanol–water partition coefficient (Wildman–Crippen LogP) is 5.46. The zero-order valence-corrected chi connectivity index (χ0v) is 18.0. The smallest absolute Gasteiger partial charge is 0.338 e. The van der Waals surface area contributed by atoms with Crippen molar-refractivity contribution in [3.05, 3.63) is 90.0 Å². The van der Waals surface area contributed by atoms with Crippen LogP contribution in [-0.2, 0) is 20.9 Å². The van der Waals surface area contributed by atoms with E-state index in [4.69, 9.17) is 9.47 Å². The third-order valence-electron chi connectivity index (χ3n) is 4.70. The van der Waals surface area contributed by atoms with Crippen LogP contribution in [0.15, 0.2) is 78.9 Å². The molecule has 0 heterocycles. The second-order valence-electron chi connectivity index (χ2n) is 7.51. The number of ether oxygens (including phenoxy) is 2. The average Bonchev–Trinajstić information content (AvgIpc) is 2.79. The highest BCUT2D eigenvalue weighted by atomic mass is 16.5. The number of para-hydroxylation sites is 1. The highest BCUT2D eigenvalue weighted by molar-refractivity contribution is 5.99. The number of nitrogens with one attached hydrogen (secondary N) is 1. The molecule has 0 spiro atoms. The molecule has 0 aliphatic carbocycles. The van der Waals surface area contributed by atoms with Crippen LogP contribution in [0.2, 0.25) is 0 Å². The summed E-state index contributed by atoms with van der Waals surface area (Å²) in [7, 11) is 0. The van der Waals surface area contributed by atoms with Crippen LogP contribution in [-0.4, -0.2) is 24.1 Å². The van der Waals surface area contributed by atoms with Gasteiger partial charge in [0, 0.05) is 11.3 Å². The van der Waals surface area contributed by atoms with Gasteiger partial charge in [-0.3, -0.25) is 4.79 Å². The van der Waals surface area contributed by atoms with Crippen molar-refractivity contribution in [1.82, 2.24) is 0 Å². The SMILES string of the molecule is CC(C)OCc1ccc(C(=O)O[C@H](C)C(=O)Nc2ccccc2-c2ccccc2)cc1. The van der Waals surface area contributed by atoms with Crippen LogP contribution < -0.4 is 5.32 Å². The standard InChI is InChI=1S/C26H27NO4/c1-18(2)30-17-20-13-15-22(16-14-20)26(29)31-19(3)25(28)27-24-12-8-7-11-23(24)21-9-5-4-6-10-21/h4-16,18-19H,17H2,1-3H3,(H,27,28)/t19-/m1/s1. The quantitative estimate of drug-likeness (QED) is 0.494. The van der Waals surface area contributed by atoms with Crippen molar-refractivity contribution in [1.29, 1.82) is 0 Å². The molecule has 3 rings (SSSR count). The molecule has 1 atom stereocenters. The lowest BCUT2D eigenvalue weighted by atomic mass is 10.0. The zero-order chi connectivity index (χ0) is 22.2. The van der Waals surface area contributed by atoms with Gasteiger partial charge in [-0.05, 0) is 50.1 Å². The molecule has 31 heavy (non-hydrogen) atoms. The van der Waals surface area contributed by atoms with Gasteiger partial charge in [-0.1, -0.05) is 60.7 Å². The maximum atomic E-state index is 12.7. The first kappa shape index (κ1) is 22.2. The molecule has 0 unspecified atom stereocenters. The van der Waals surface area contributed by atoms with Crippen molar-refractivity contribution in [2.45, 2.75) is 39.6 Å². The van der Waals surface area contributed by atoms with E-state index in [-0.39, 0.29) is 6.10 Å². The van der Waals surface area contributed by atoms with Gasteiger partial charge in [0.05, 0.1) is 18.3 Å². The summed E-state index contributed by atoms with van der Waals surface area (Å²) in [5.74, 6) is -0.936. The summed E-state index contributed by atoms with van der Waals surface area (Å²) in [6.45, 7) is 5.97. The molecule has 5 heteroatoms. The average molecular weight is 418 g/mol. The molecular weight excluding hydrogens is 390 g/mol. The number of hydrogen-bond acceptors (Lipinski definition) is 4. The largest absolute Gasteiger partial charge is 0.449 e. The van der Waals surface area contributed by atoms with E-state index in [0.29, 0.717) is 17.9 Å². The Morgan fingerprint density at radius 3 is 2.16 bits per heavy atom. The molecule has 1 N–H and O–H groups in total. The van der Waals surface area contributed by atoms with Gasteiger partial charge in [0.2, 0.25) is 0 Å². The van der Waals surface area contributed by atoms with Crippen molar-refractivity contribution in [2.75, 3.05) is 5.32 Å². The third-order valence-corrected chi connectivity index (χ3v) is 4.70. The minimum absolute atomic E-state index is 0.135. The van der Waals surface area contributed by atoms with E-state index in [1.807, 2.05) is 80.6 Å². The normalized spacial score (nSPS) is 11.7. The van der Waals surface area contributed by atoms with Crippen molar-refractivity contribution in [3.8, 4) is 11.1 Å². The monoisotopic (exact) mass is 417 g/mol. The van der Waals surface area contributed by atoms with E-state index in [0.717, 1.165) is 16.7 Å². The summed E-state index contributed by atoms with van der Waals surface area (Å²) >= 11 is 0. The summed E-state index contributed by atoms with van der Waals surface area (Å²) < 4.78 is 10.9. The van der Waals surface area contributed by atoms with Crippen LogP contribution in [0, 0.1) is 0 Å². The first-order chi connectivity index (χ1) is 14.9. The van der Waals surface area contributed by atoms with Crippen LogP contribution >= 0.6 is 0 Å². The fourth-order valence-electron chi connectivity index (χ4n) is 2.98. The molecule has 0 saturated carbocycles. The van der Waals surface area contributed by atoms with E-state index < -0.39 is 18.0 Å². The van der Waals surface area contributed by atoms with E-state index >= 15 is 0 Å². The van der Waals surface area contributed by atoms with Crippen LogP contribution in [0.5, 0.6) is 0 Å². The highest BCUT2D eigenvalue weighted by Gasteiger charge is 2.20. The van der Waals surface area contributed by atoms with Gasteiger partial charge in [-0.2, -0.15) is 0 Å². The molecule has 0 aliphatic rings. The zero-order valence-electron chi connectivity index (χ0n) is 18.0. The van der Waals surface area contributed by atoms with Gasteiger partial charge in [-0.15, -0.1) is 0 Å². The topological polar surface area (TPSA) is 64.6 Å². The van der Waals surface area contributed by atoms with Gasteiger partial charge in [0.1, 0.15) is 0 Å². The molecule has 0 saturated heterocycles. The van der Waals surface area contributed by atoms with Crippen LogP contribution in [0.1, 0.15) is 36.7 Å². The number of benzene rings is 3. The summed E-state index contributed by atoms with van der Waals surface area (Å²) in [5, 5.41) is 2.87. The number of hydrogen-bond donors (Lipinski definition) is 1. The van der Waals surface area contributed by atoms with Crippen LogP contribution in [0.4, 0.5) is 5.69 Å². The first-order valence-corrected chi connectivity index (χ1v) is 10.3. The maximum Gasteiger partial charge on any atom is 0.338 e. The molecule has 0 bridgehead atoms. The number of esters is 1. The predicted molar refractivity (Wildman–Crippen MR) is 122 cm³/mol. The highest BCUT2D eigenvalue weighted by Crippen LogP contribution is 2.27. The molecule has 3 aromatic rings. The Morgan fingerprint density at radius 2 is 1.48 bits per heavy atom. The Bertz CT molecular complexity index is 1010. The number of amides is 1. The molecule has 1 amide bonds. The van der Waals surface area contributed by atoms with Crippen molar-refractivity contribution >= 4 is 17.6 Å².